The highest BCUT2D eigenvalue weighted by molar-refractivity contribution is 6.30. The van der Waals surface area contributed by atoms with Crippen LogP contribution in [0.1, 0.15) is 0 Å². The maximum Gasteiger partial charge on any atom is 0.182 e. The molecule has 27 heavy (non-hydrogen) atoms. The fraction of sp³-hybridized carbons (Fsp3) is 0.0526. The van der Waals surface area contributed by atoms with Crippen LogP contribution in [0.5, 0.6) is 0 Å². The predicted octanol–water partition coefficient (Wildman–Crippen LogP) is 4.73. The van der Waals surface area contributed by atoms with Crippen LogP contribution in [0.15, 0.2) is 48.9 Å². The molecule has 0 bridgehead atoms. The van der Waals surface area contributed by atoms with Crippen LogP contribution in [0.3, 0.4) is 0 Å². The number of rotatable bonds is 3. The zero-order valence-electron chi connectivity index (χ0n) is 14.0. The molecule has 4 rings (SSSR count). The molecule has 0 saturated heterocycles. The molecule has 0 fully saturated rings. The maximum atomic E-state index is 15.3. The van der Waals surface area contributed by atoms with E-state index >= 15 is 4.39 Å². The summed E-state index contributed by atoms with van der Waals surface area (Å²) in [5.41, 5.74) is 1.04. The van der Waals surface area contributed by atoms with Crippen molar-refractivity contribution >= 4 is 28.3 Å². The van der Waals surface area contributed by atoms with E-state index in [2.05, 4.69) is 25.3 Å². The van der Waals surface area contributed by atoms with Crippen molar-refractivity contribution in [2.24, 2.45) is 0 Å². The Hall–Kier alpha value is -3.19. The summed E-state index contributed by atoms with van der Waals surface area (Å²) in [6.07, 6.45) is 4.58. The molecule has 0 saturated carbocycles. The van der Waals surface area contributed by atoms with E-state index in [0.717, 1.165) is 6.07 Å². The Labute approximate surface area is 158 Å². The first-order valence-electron chi connectivity index (χ1n) is 7.98. The Morgan fingerprint density at radius 1 is 1.00 bits per heavy atom. The molecule has 0 atom stereocenters. The van der Waals surface area contributed by atoms with Crippen LogP contribution in [0.25, 0.3) is 33.5 Å². The Morgan fingerprint density at radius 2 is 1.81 bits per heavy atom. The molecular weight excluding hydrogens is 372 g/mol. The van der Waals surface area contributed by atoms with Gasteiger partial charge in [0.15, 0.2) is 5.82 Å². The summed E-state index contributed by atoms with van der Waals surface area (Å²) in [5.74, 6) is -0.647. The molecule has 2 aromatic carbocycles. The normalized spacial score (nSPS) is 11.0. The maximum absolute atomic E-state index is 15.3. The molecule has 2 heterocycles. The minimum absolute atomic E-state index is 0.101. The molecule has 134 valence electrons. The van der Waals surface area contributed by atoms with Crippen molar-refractivity contribution < 1.29 is 8.78 Å². The average Bonchev–Trinajstić information content (AvgIpc) is 2.69. The number of benzene rings is 2. The summed E-state index contributed by atoms with van der Waals surface area (Å²) in [7, 11) is 1.62. The van der Waals surface area contributed by atoms with Crippen molar-refractivity contribution in [2.45, 2.75) is 0 Å². The van der Waals surface area contributed by atoms with E-state index in [-0.39, 0.29) is 27.4 Å². The summed E-state index contributed by atoms with van der Waals surface area (Å²) in [6, 6.07) is 7.19. The van der Waals surface area contributed by atoms with Crippen molar-refractivity contribution in [2.75, 3.05) is 12.4 Å². The zero-order chi connectivity index (χ0) is 19.0. The quantitative estimate of drug-likeness (QED) is 0.554. The number of hydrogen-bond acceptors (Lipinski definition) is 5. The van der Waals surface area contributed by atoms with Crippen LogP contribution < -0.4 is 5.32 Å². The summed E-state index contributed by atoms with van der Waals surface area (Å²) < 4.78 is 29.5. The lowest BCUT2D eigenvalue weighted by molar-refractivity contribution is 0.621. The van der Waals surface area contributed by atoms with Crippen molar-refractivity contribution in [1.29, 1.82) is 0 Å². The van der Waals surface area contributed by atoms with Crippen LogP contribution in [-0.4, -0.2) is 27.0 Å². The second-order valence-corrected chi connectivity index (χ2v) is 6.12. The Kier molecular flexibility index (Phi) is 4.37. The van der Waals surface area contributed by atoms with Gasteiger partial charge in [-0.1, -0.05) is 11.6 Å². The molecule has 0 spiro atoms. The fourth-order valence-corrected chi connectivity index (χ4v) is 2.97. The first-order valence-corrected chi connectivity index (χ1v) is 8.36. The molecule has 4 aromatic rings. The van der Waals surface area contributed by atoms with Gasteiger partial charge in [0.1, 0.15) is 23.1 Å². The molecule has 1 N–H and O–H groups in total. The highest BCUT2D eigenvalue weighted by atomic mass is 35.5. The standard InChI is InChI=1S/C19H12ClF2N5/c1-23-19-16-14(26-18(27-19)15-9-24-6-7-25-15)5-4-12(17(16)22)11-3-2-10(20)8-13(11)21/h2-9H,1H3,(H,23,26,27). The van der Waals surface area contributed by atoms with Gasteiger partial charge in [0, 0.05) is 35.6 Å². The lowest BCUT2D eigenvalue weighted by Gasteiger charge is -2.12. The third-order valence-corrected chi connectivity index (χ3v) is 4.29. The molecule has 0 radical (unpaired) electrons. The average molecular weight is 384 g/mol. The molecule has 0 aliphatic carbocycles. The monoisotopic (exact) mass is 383 g/mol. The van der Waals surface area contributed by atoms with E-state index in [9.17, 15) is 4.39 Å². The number of nitrogens with zero attached hydrogens (tertiary/aromatic N) is 4. The van der Waals surface area contributed by atoms with Gasteiger partial charge in [0.2, 0.25) is 0 Å². The molecule has 8 heteroatoms. The molecule has 0 unspecified atom stereocenters. The van der Waals surface area contributed by atoms with Gasteiger partial charge in [-0.15, -0.1) is 0 Å². The van der Waals surface area contributed by atoms with Crippen molar-refractivity contribution in [3.63, 3.8) is 0 Å². The van der Waals surface area contributed by atoms with Gasteiger partial charge in [0.05, 0.1) is 17.1 Å². The highest BCUT2D eigenvalue weighted by Crippen LogP contribution is 2.34. The summed E-state index contributed by atoms with van der Waals surface area (Å²) in [4.78, 5) is 16.9. The first kappa shape index (κ1) is 17.2. The number of anilines is 1. The van der Waals surface area contributed by atoms with Crippen LogP contribution in [0.2, 0.25) is 5.02 Å². The van der Waals surface area contributed by atoms with Crippen LogP contribution >= 0.6 is 11.6 Å². The minimum Gasteiger partial charge on any atom is -0.372 e. The number of aromatic nitrogens is 4. The molecule has 0 aliphatic rings. The Bertz CT molecular complexity index is 1150. The highest BCUT2D eigenvalue weighted by Gasteiger charge is 2.18. The van der Waals surface area contributed by atoms with E-state index in [0.29, 0.717) is 17.0 Å². The van der Waals surface area contributed by atoms with Gasteiger partial charge in [-0.2, -0.15) is 0 Å². The molecule has 5 nitrogen and oxygen atoms in total. The second-order valence-electron chi connectivity index (χ2n) is 5.68. The summed E-state index contributed by atoms with van der Waals surface area (Å²) >= 11 is 5.79. The van der Waals surface area contributed by atoms with Gasteiger partial charge in [-0.25, -0.2) is 23.7 Å². The van der Waals surface area contributed by atoms with Crippen molar-refractivity contribution in [3.8, 4) is 22.6 Å². The zero-order valence-corrected chi connectivity index (χ0v) is 14.8. The lowest BCUT2D eigenvalue weighted by Crippen LogP contribution is -2.02. The van der Waals surface area contributed by atoms with E-state index < -0.39 is 11.6 Å². The number of halogens is 3. The van der Waals surface area contributed by atoms with Gasteiger partial charge >= 0.3 is 0 Å². The molecule has 2 aromatic heterocycles. The van der Waals surface area contributed by atoms with E-state index in [1.165, 1.54) is 36.8 Å². The third kappa shape index (κ3) is 3.06. The number of fused-ring (bicyclic) bond motifs is 1. The third-order valence-electron chi connectivity index (χ3n) is 4.05. The largest absolute Gasteiger partial charge is 0.372 e. The predicted molar refractivity (Wildman–Crippen MR) is 100 cm³/mol. The molecule has 0 aliphatic heterocycles. The fourth-order valence-electron chi connectivity index (χ4n) is 2.81. The Balaban J connectivity index is 1.95. The van der Waals surface area contributed by atoms with Crippen LogP contribution in [0.4, 0.5) is 14.6 Å². The second kappa shape index (κ2) is 6.85. The first-order chi connectivity index (χ1) is 13.1. The summed E-state index contributed by atoms with van der Waals surface area (Å²) in [6.45, 7) is 0. The number of hydrogen-bond donors (Lipinski definition) is 1. The van der Waals surface area contributed by atoms with Crippen LogP contribution in [-0.2, 0) is 0 Å². The van der Waals surface area contributed by atoms with Gasteiger partial charge in [-0.3, -0.25) is 4.98 Å². The van der Waals surface area contributed by atoms with Crippen LogP contribution in [0, 0.1) is 11.6 Å². The van der Waals surface area contributed by atoms with Gasteiger partial charge in [0.25, 0.3) is 0 Å². The van der Waals surface area contributed by atoms with E-state index in [4.69, 9.17) is 11.6 Å². The van der Waals surface area contributed by atoms with Gasteiger partial charge in [-0.05, 0) is 30.3 Å². The molecule has 0 amide bonds. The topological polar surface area (TPSA) is 63.6 Å². The summed E-state index contributed by atoms with van der Waals surface area (Å²) in [5, 5.41) is 3.27. The van der Waals surface area contributed by atoms with E-state index in [1.807, 2.05) is 0 Å². The smallest absolute Gasteiger partial charge is 0.182 e. The molecular formula is C19H12ClF2N5. The minimum atomic E-state index is -0.622. The van der Waals surface area contributed by atoms with Crippen molar-refractivity contribution in [3.05, 3.63) is 65.6 Å². The lowest BCUT2D eigenvalue weighted by atomic mass is 10.0. The Morgan fingerprint density at radius 3 is 2.52 bits per heavy atom. The van der Waals surface area contributed by atoms with Gasteiger partial charge < -0.3 is 5.32 Å². The SMILES string of the molecule is CNc1nc(-c2cnccn2)nc2ccc(-c3ccc(Cl)cc3F)c(F)c12. The van der Waals surface area contributed by atoms with Crippen molar-refractivity contribution in [1.82, 2.24) is 19.9 Å². The van der Waals surface area contributed by atoms with E-state index in [1.54, 1.807) is 13.1 Å². The number of nitrogens with one attached hydrogen (secondary N) is 1.